The van der Waals surface area contributed by atoms with Gasteiger partial charge < -0.3 is 9.84 Å². The van der Waals surface area contributed by atoms with Crippen molar-refractivity contribution in [3.05, 3.63) is 82.6 Å². The second-order valence-corrected chi connectivity index (χ2v) is 8.06. The molecule has 1 atom stereocenters. The number of unbranched alkanes of at least 4 members (excludes halogenated alkanes) is 2. The second-order valence-electron chi connectivity index (χ2n) is 8.06. The third-order valence-corrected chi connectivity index (χ3v) is 5.88. The van der Waals surface area contributed by atoms with Gasteiger partial charge in [0.25, 0.3) is 11.1 Å². The van der Waals surface area contributed by atoms with E-state index in [1.807, 2.05) is 13.8 Å². The Hall–Kier alpha value is -3.82. The van der Waals surface area contributed by atoms with E-state index in [1.54, 1.807) is 24.3 Å². The van der Waals surface area contributed by atoms with Gasteiger partial charge in [0.2, 0.25) is 11.8 Å². The molecule has 10 nitrogen and oxygen atoms in total. The van der Waals surface area contributed by atoms with Crippen molar-refractivity contribution < 1.29 is 9.84 Å². The minimum absolute atomic E-state index is 0.0332. The van der Waals surface area contributed by atoms with Crippen LogP contribution in [0.3, 0.4) is 0 Å². The summed E-state index contributed by atoms with van der Waals surface area (Å²) in [5.74, 6) is -1.29. The molecule has 0 spiro atoms. The monoisotopic (exact) mass is 454 g/mol. The van der Waals surface area contributed by atoms with Crippen molar-refractivity contribution in [1.82, 2.24) is 19.1 Å². The Balaban J connectivity index is 2.05. The number of ether oxygens (including phenoxy) is 1. The van der Waals surface area contributed by atoms with Gasteiger partial charge >= 0.3 is 11.4 Å². The van der Waals surface area contributed by atoms with E-state index in [2.05, 4.69) is 9.97 Å². The summed E-state index contributed by atoms with van der Waals surface area (Å²) in [6, 6.07) is 6.77. The molecule has 3 aromatic rings. The summed E-state index contributed by atoms with van der Waals surface area (Å²) in [5.41, 5.74) is -2.39. The van der Waals surface area contributed by atoms with Crippen LogP contribution in [0.5, 0.6) is 17.5 Å². The average Bonchev–Trinajstić information content (AvgIpc) is 2.78. The zero-order valence-electron chi connectivity index (χ0n) is 18.5. The summed E-state index contributed by atoms with van der Waals surface area (Å²) >= 11 is 0. The first kappa shape index (κ1) is 22.4. The maximum atomic E-state index is 13.5. The van der Waals surface area contributed by atoms with Crippen LogP contribution < -0.4 is 27.2 Å². The molecule has 0 fully saturated rings. The number of para-hydroxylation sites is 1. The Bertz CT molecular complexity index is 1430. The molecule has 0 radical (unpaired) electrons. The van der Waals surface area contributed by atoms with Crippen molar-refractivity contribution in [2.75, 3.05) is 0 Å². The lowest BCUT2D eigenvalue weighted by molar-refractivity contribution is 0.380. The molecule has 0 saturated carbocycles. The van der Waals surface area contributed by atoms with E-state index in [-0.39, 0.29) is 30.1 Å². The van der Waals surface area contributed by atoms with Gasteiger partial charge in [-0.2, -0.15) is 0 Å². The number of fused-ring (bicyclic) bond motifs is 2. The molecule has 174 valence electrons. The first-order chi connectivity index (χ1) is 15.9. The number of hydrogen-bond donors (Lipinski definition) is 3. The highest BCUT2D eigenvalue weighted by molar-refractivity contribution is 5.56. The molecule has 0 unspecified atom stereocenters. The fraction of sp³-hybridized carbons (Fsp3) is 0.391. The summed E-state index contributed by atoms with van der Waals surface area (Å²) in [5, 5.41) is 11.1. The number of H-pyrrole nitrogens is 2. The van der Waals surface area contributed by atoms with E-state index in [1.165, 1.54) is 0 Å². The third-order valence-electron chi connectivity index (χ3n) is 5.88. The number of nitrogens with zero attached hydrogens (tertiary/aromatic N) is 2. The standard InChI is InChI=1S/C23H26N4O6/c1-3-5-11-26-20(29)16(18(28)24-22(26)31)15-13-9-7-8-10-14(13)33-19-17(15)21(30)27(12-6-4-2)23(32)25-19/h7-10,15,29H,3-6,11-12H2,1-2H3,(H,25,32)(H,24,28,31)/t15-/m1/s1. The van der Waals surface area contributed by atoms with Gasteiger partial charge in [0.15, 0.2) is 0 Å². The van der Waals surface area contributed by atoms with E-state index in [0.717, 1.165) is 22.0 Å². The average molecular weight is 454 g/mol. The van der Waals surface area contributed by atoms with E-state index >= 15 is 0 Å². The summed E-state index contributed by atoms with van der Waals surface area (Å²) in [4.78, 5) is 56.3. The molecule has 1 aliphatic heterocycles. The molecular formula is C23H26N4O6. The SMILES string of the molecule is CCCCn1c(O)c([C@H]2c3ccccc3Oc3[nH]c(=O)n(CCCC)c(=O)c32)c(=O)[nH]c1=O. The molecule has 0 saturated heterocycles. The van der Waals surface area contributed by atoms with Crippen molar-refractivity contribution in [3.63, 3.8) is 0 Å². The predicted molar refractivity (Wildman–Crippen MR) is 122 cm³/mol. The number of rotatable bonds is 7. The van der Waals surface area contributed by atoms with Gasteiger partial charge in [0.05, 0.1) is 17.0 Å². The van der Waals surface area contributed by atoms with Crippen molar-refractivity contribution in [2.24, 2.45) is 0 Å². The van der Waals surface area contributed by atoms with Gasteiger partial charge in [0.1, 0.15) is 5.75 Å². The number of hydrogen-bond acceptors (Lipinski definition) is 6. The van der Waals surface area contributed by atoms with E-state index in [9.17, 15) is 24.3 Å². The normalized spacial score (nSPS) is 14.4. The molecule has 1 aliphatic rings. The highest BCUT2D eigenvalue weighted by Gasteiger charge is 2.37. The first-order valence-corrected chi connectivity index (χ1v) is 11.1. The number of benzene rings is 1. The molecule has 3 heterocycles. The van der Waals surface area contributed by atoms with Gasteiger partial charge in [-0.1, -0.05) is 44.9 Å². The zero-order valence-corrected chi connectivity index (χ0v) is 18.5. The van der Waals surface area contributed by atoms with E-state index in [4.69, 9.17) is 4.74 Å². The Kier molecular flexibility index (Phi) is 6.08. The highest BCUT2D eigenvalue weighted by atomic mass is 16.5. The van der Waals surface area contributed by atoms with Crippen molar-refractivity contribution in [1.29, 1.82) is 0 Å². The molecule has 4 rings (SSSR count). The van der Waals surface area contributed by atoms with Crippen molar-refractivity contribution >= 4 is 0 Å². The first-order valence-electron chi connectivity index (χ1n) is 11.1. The number of nitrogens with one attached hydrogen (secondary N) is 2. The molecule has 0 amide bonds. The Morgan fingerprint density at radius 2 is 1.55 bits per heavy atom. The summed E-state index contributed by atoms with van der Waals surface area (Å²) in [7, 11) is 0. The van der Waals surface area contributed by atoms with E-state index < -0.39 is 34.3 Å². The lowest BCUT2D eigenvalue weighted by Gasteiger charge is -2.28. The molecule has 33 heavy (non-hydrogen) atoms. The number of aromatic hydroxyl groups is 1. The smallest absolute Gasteiger partial charge is 0.331 e. The topological polar surface area (TPSA) is 139 Å². The molecule has 0 bridgehead atoms. The summed E-state index contributed by atoms with van der Waals surface area (Å²) in [6.45, 7) is 4.28. The maximum Gasteiger partial charge on any atom is 0.331 e. The fourth-order valence-electron chi connectivity index (χ4n) is 4.16. The van der Waals surface area contributed by atoms with Gasteiger partial charge in [-0.3, -0.25) is 28.7 Å². The third kappa shape index (κ3) is 3.81. The van der Waals surface area contributed by atoms with Crippen LogP contribution in [-0.4, -0.2) is 24.2 Å². The molecular weight excluding hydrogens is 428 g/mol. The van der Waals surface area contributed by atoms with Crippen LogP contribution >= 0.6 is 0 Å². The predicted octanol–water partition coefficient (Wildman–Crippen LogP) is 1.98. The zero-order chi connectivity index (χ0) is 23.7. The van der Waals surface area contributed by atoms with Gasteiger partial charge in [-0.05, 0) is 18.9 Å². The van der Waals surface area contributed by atoms with Gasteiger partial charge in [0, 0.05) is 18.7 Å². The summed E-state index contributed by atoms with van der Waals surface area (Å²) in [6.07, 6.45) is 2.76. The lowest BCUT2D eigenvalue weighted by atomic mass is 9.85. The van der Waals surface area contributed by atoms with Crippen molar-refractivity contribution in [3.8, 4) is 17.5 Å². The second kappa shape index (κ2) is 8.97. The highest BCUT2D eigenvalue weighted by Crippen LogP contribution is 2.45. The van der Waals surface area contributed by atoms with Crippen molar-refractivity contribution in [2.45, 2.75) is 58.5 Å². The molecule has 10 heteroatoms. The molecule has 1 aromatic carbocycles. The van der Waals surface area contributed by atoms with Gasteiger partial charge in [-0.15, -0.1) is 0 Å². The van der Waals surface area contributed by atoms with Crippen LogP contribution in [0.25, 0.3) is 0 Å². The fourth-order valence-corrected chi connectivity index (χ4v) is 4.16. The minimum atomic E-state index is -1.04. The van der Waals surface area contributed by atoms with Gasteiger partial charge in [-0.25, -0.2) is 9.59 Å². The molecule has 2 aromatic heterocycles. The van der Waals surface area contributed by atoms with Crippen LogP contribution in [0, 0.1) is 0 Å². The lowest BCUT2D eigenvalue weighted by Crippen LogP contribution is -2.41. The van der Waals surface area contributed by atoms with E-state index in [0.29, 0.717) is 24.2 Å². The van der Waals surface area contributed by atoms with Crippen LogP contribution in [0.2, 0.25) is 0 Å². The quantitative estimate of drug-likeness (QED) is 0.390. The Labute approximate surface area is 188 Å². The molecule has 0 aliphatic carbocycles. The van der Waals surface area contributed by atoms with Crippen LogP contribution in [0.1, 0.15) is 62.1 Å². The molecule has 3 N–H and O–H groups in total. The van der Waals surface area contributed by atoms with Crippen LogP contribution in [-0.2, 0) is 13.1 Å². The Morgan fingerprint density at radius 1 is 0.909 bits per heavy atom. The Morgan fingerprint density at radius 3 is 2.24 bits per heavy atom. The number of aromatic nitrogens is 4. The summed E-state index contributed by atoms with van der Waals surface area (Å²) < 4.78 is 7.99. The number of aromatic amines is 2. The van der Waals surface area contributed by atoms with Crippen LogP contribution in [0.4, 0.5) is 0 Å². The largest absolute Gasteiger partial charge is 0.494 e. The maximum absolute atomic E-state index is 13.5. The van der Waals surface area contributed by atoms with Crippen LogP contribution in [0.15, 0.2) is 43.4 Å². The minimum Gasteiger partial charge on any atom is -0.494 e.